The van der Waals surface area contributed by atoms with Crippen LogP contribution in [0.4, 0.5) is 4.79 Å². The number of carbonyl (C=O) groups excluding carboxylic acids is 2. The highest BCUT2D eigenvalue weighted by atomic mass is 16.6. The predicted octanol–water partition coefficient (Wildman–Crippen LogP) is 5.10. The summed E-state index contributed by atoms with van der Waals surface area (Å²) in [7, 11) is 0. The third-order valence-electron chi connectivity index (χ3n) is 5.02. The number of ether oxygens (including phenoxy) is 2. The maximum Gasteiger partial charge on any atom is 0.408 e. The molecule has 3 rings (SSSR count). The van der Waals surface area contributed by atoms with Crippen LogP contribution in [0.3, 0.4) is 0 Å². The second-order valence-corrected chi connectivity index (χ2v) is 9.29. The van der Waals surface area contributed by atoms with Gasteiger partial charge in [-0.05, 0) is 62.9 Å². The summed E-state index contributed by atoms with van der Waals surface area (Å²) >= 11 is 0. The van der Waals surface area contributed by atoms with E-state index in [0.717, 1.165) is 23.1 Å². The Kier molecular flexibility index (Phi) is 7.76. The summed E-state index contributed by atoms with van der Waals surface area (Å²) in [6.07, 6.45) is 0.937. The van der Waals surface area contributed by atoms with Crippen molar-refractivity contribution >= 4 is 23.0 Å². The first-order valence-corrected chi connectivity index (χ1v) is 11.4. The molecule has 0 saturated heterocycles. The minimum Gasteiger partial charge on any atom is -0.444 e. The highest BCUT2D eigenvalue weighted by Gasteiger charge is 2.27. The van der Waals surface area contributed by atoms with Gasteiger partial charge in [-0.3, -0.25) is 0 Å². The molecule has 0 spiro atoms. The molecule has 0 aliphatic rings. The third kappa shape index (κ3) is 6.70. The summed E-state index contributed by atoms with van der Waals surface area (Å²) in [5, 5.41) is 3.22. The summed E-state index contributed by atoms with van der Waals surface area (Å²) in [6.45, 7) is 9.07. The van der Waals surface area contributed by atoms with Crippen LogP contribution in [0.15, 0.2) is 57.7 Å². The van der Waals surface area contributed by atoms with Crippen molar-refractivity contribution in [3.8, 4) is 5.75 Å². The maximum atomic E-state index is 13.3. The average Bonchev–Trinajstić information content (AvgIpc) is 2.72. The SMILES string of the molecule is CCCc1cc(=O)oc2cc(C)cc(OC(=O)[C@@H](Cc3ccccc3)NC(=O)OC(C)(C)C)c12. The molecule has 0 aliphatic heterocycles. The number of esters is 1. The van der Waals surface area contributed by atoms with Crippen molar-refractivity contribution in [1.82, 2.24) is 5.32 Å². The fourth-order valence-electron chi connectivity index (χ4n) is 3.69. The topological polar surface area (TPSA) is 94.8 Å². The molecule has 1 amide bonds. The van der Waals surface area contributed by atoms with Gasteiger partial charge in [-0.25, -0.2) is 14.4 Å². The molecule has 1 N–H and O–H groups in total. The lowest BCUT2D eigenvalue weighted by molar-refractivity contribution is -0.136. The van der Waals surface area contributed by atoms with E-state index in [2.05, 4.69) is 5.32 Å². The van der Waals surface area contributed by atoms with Crippen LogP contribution in [-0.4, -0.2) is 23.7 Å². The van der Waals surface area contributed by atoms with E-state index in [0.29, 0.717) is 17.4 Å². The Hall–Kier alpha value is -3.61. The van der Waals surface area contributed by atoms with E-state index in [4.69, 9.17) is 13.9 Å². The molecule has 180 valence electrons. The Morgan fingerprint density at radius 2 is 1.79 bits per heavy atom. The number of hydrogen-bond donors (Lipinski definition) is 1. The van der Waals surface area contributed by atoms with Crippen molar-refractivity contribution in [3.63, 3.8) is 0 Å². The van der Waals surface area contributed by atoms with Gasteiger partial charge in [0.15, 0.2) is 0 Å². The van der Waals surface area contributed by atoms with Crippen LogP contribution < -0.4 is 15.7 Å². The van der Waals surface area contributed by atoms with Crippen LogP contribution in [0, 0.1) is 6.92 Å². The summed E-state index contributed by atoms with van der Waals surface area (Å²) in [5.74, 6) is -0.355. The largest absolute Gasteiger partial charge is 0.444 e. The van der Waals surface area contributed by atoms with Gasteiger partial charge < -0.3 is 19.2 Å². The van der Waals surface area contributed by atoms with E-state index in [1.165, 1.54) is 6.07 Å². The Balaban J connectivity index is 1.96. The minimum absolute atomic E-state index is 0.222. The zero-order chi connectivity index (χ0) is 24.9. The van der Waals surface area contributed by atoms with E-state index >= 15 is 0 Å². The van der Waals surface area contributed by atoms with Gasteiger partial charge in [-0.1, -0.05) is 43.7 Å². The van der Waals surface area contributed by atoms with Crippen molar-refractivity contribution in [2.75, 3.05) is 0 Å². The van der Waals surface area contributed by atoms with Crippen LogP contribution in [0.1, 0.15) is 50.8 Å². The van der Waals surface area contributed by atoms with Gasteiger partial charge in [-0.2, -0.15) is 0 Å². The number of hydrogen-bond acceptors (Lipinski definition) is 6. The fraction of sp³-hybridized carbons (Fsp3) is 0.370. The average molecular weight is 466 g/mol. The van der Waals surface area contributed by atoms with Gasteiger partial charge in [0, 0.05) is 12.5 Å². The molecule has 0 radical (unpaired) electrons. The molecule has 0 unspecified atom stereocenters. The Morgan fingerprint density at radius 1 is 1.09 bits per heavy atom. The smallest absolute Gasteiger partial charge is 0.408 e. The van der Waals surface area contributed by atoms with Crippen LogP contribution >= 0.6 is 0 Å². The second-order valence-electron chi connectivity index (χ2n) is 9.29. The van der Waals surface area contributed by atoms with Crippen LogP contribution in [0.2, 0.25) is 0 Å². The van der Waals surface area contributed by atoms with Crippen LogP contribution in [0.5, 0.6) is 5.75 Å². The monoisotopic (exact) mass is 465 g/mol. The summed E-state index contributed by atoms with van der Waals surface area (Å²) < 4.78 is 16.6. The first-order valence-electron chi connectivity index (χ1n) is 11.4. The molecule has 7 nitrogen and oxygen atoms in total. The van der Waals surface area contributed by atoms with Crippen molar-refractivity contribution in [2.24, 2.45) is 0 Å². The van der Waals surface area contributed by atoms with Gasteiger partial charge in [0.25, 0.3) is 0 Å². The molecular formula is C27H31NO6. The third-order valence-corrected chi connectivity index (χ3v) is 5.02. The number of nitrogens with one attached hydrogen (secondary N) is 1. The zero-order valence-corrected chi connectivity index (χ0v) is 20.3. The Bertz CT molecular complexity index is 1220. The van der Waals surface area contributed by atoms with Gasteiger partial charge in [0.05, 0.1) is 5.39 Å². The molecule has 0 saturated carbocycles. The van der Waals surface area contributed by atoms with Gasteiger partial charge in [0.2, 0.25) is 0 Å². The van der Waals surface area contributed by atoms with Gasteiger partial charge >= 0.3 is 17.7 Å². The van der Waals surface area contributed by atoms with E-state index in [9.17, 15) is 14.4 Å². The highest BCUT2D eigenvalue weighted by molar-refractivity contribution is 5.91. The van der Waals surface area contributed by atoms with Crippen molar-refractivity contribution in [3.05, 3.63) is 75.6 Å². The zero-order valence-electron chi connectivity index (χ0n) is 20.3. The van der Waals surface area contributed by atoms with Crippen molar-refractivity contribution in [1.29, 1.82) is 0 Å². The maximum absolute atomic E-state index is 13.3. The molecule has 0 bridgehead atoms. The van der Waals surface area contributed by atoms with E-state index in [-0.39, 0.29) is 12.2 Å². The minimum atomic E-state index is -0.988. The molecule has 7 heteroatoms. The number of fused-ring (bicyclic) bond motifs is 1. The van der Waals surface area contributed by atoms with Gasteiger partial charge in [0.1, 0.15) is 23.0 Å². The van der Waals surface area contributed by atoms with E-state index in [1.807, 2.05) is 44.2 Å². The highest BCUT2D eigenvalue weighted by Crippen LogP contribution is 2.31. The molecule has 1 atom stereocenters. The Labute approximate surface area is 199 Å². The molecule has 34 heavy (non-hydrogen) atoms. The number of rotatable bonds is 7. The number of alkyl carbamates (subject to hydrolysis) is 1. The lowest BCUT2D eigenvalue weighted by Crippen LogP contribution is -2.46. The van der Waals surface area contributed by atoms with Crippen LogP contribution in [0.25, 0.3) is 11.0 Å². The lowest BCUT2D eigenvalue weighted by Gasteiger charge is -2.23. The summed E-state index contributed by atoms with van der Waals surface area (Å²) in [4.78, 5) is 37.8. The molecule has 1 heterocycles. The number of benzene rings is 2. The van der Waals surface area contributed by atoms with Crippen LogP contribution in [-0.2, 0) is 22.4 Å². The molecule has 1 aromatic heterocycles. The quantitative estimate of drug-likeness (QED) is 0.297. The van der Waals surface area contributed by atoms with E-state index in [1.54, 1.807) is 32.9 Å². The standard InChI is InChI=1S/C27H31NO6/c1-6-10-19-16-23(29)32-21-13-17(2)14-22(24(19)21)33-25(30)20(15-18-11-8-7-9-12-18)28-26(31)34-27(3,4)5/h7-9,11-14,16,20H,6,10,15H2,1-5H3,(H,28,31)/t20-/m1/s1. The van der Waals surface area contributed by atoms with Crippen molar-refractivity contribution < 1.29 is 23.5 Å². The Morgan fingerprint density at radius 3 is 2.44 bits per heavy atom. The number of amides is 1. The second kappa shape index (κ2) is 10.5. The molecule has 0 fully saturated rings. The normalized spacial score (nSPS) is 12.3. The summed E-state index contributed by atoms with van der Waals surface area (Å²) in [5.41, 5.74) is 1.56. The first kappa shape index (κ1) is 25.0. The number of aryl methyl sites for hydroxylation is 2. The van der Waals surface area contributed by atoms with E-state index < -0.39 is 29.3 Å². The molecule has 0 aliphatic carbocycles. The first-order chi connectivity index (χ1) is 16.1. The van der Waals surface area contributed by atoms with Gasteiger partial charge in [-0.15, -0.1) is 0 Å². The fourth-order valence-corrected chi connectivity index (χ4v) is 3.69. The molecule has 2 aromatic carbocycles. The number of carbonyl (C=O) groups is 2. The molecular weight excluding hydrogens is 434 g/mol. The van der Waals surface area contributed by atoms with Crippen molar-refractivity contribution in [2.45, 2.75) is 65.5 Å². The predicted molar refractivity (Wildman–Crippen MR) is 130 cm³/mol. The molecule has 3 aromatic rings. The lowest BCUT2D eigenvalue weighted by atomic mass is 10.0. The summed E-state index contributed by atoms with van der Waals surface area (Å²) in [6, 6.07) is 13.2.